The lowest BCUT2D eigenvalue weighted by Gasteiger charge is -2.20. The number of aliphatic hydroxyl groups excluding tert-OH is 1. The quantitative estimate of drug-likeness (QED) is 0.0207. The third-order valence-electron chi connectivity index (χ3n) is 15.9. The number of allylic oxidation sites excluding steroid dienone is 6. The molecule has 1 saturated heterocycles. The summed E-state index contributed by atoms with van der Waals surface area (Å²) in [6.45, 7) is 30.7. The number of carbonyl (C=O) groups is 3. The van der Waals surface area contributed by atoms with E-state index in [1.54, 1.807) is 6.92 Å². The van der Waals surface area contributed by atoms with Crippen LogP contribution >= 0.6 is 0 Å². The lowest BCUT2D eigenvalue weighted by Crippen LogP contribution is -2.22. The molecule has 0 aromatic rings. The Morgan fingerprint density at radius 1 is 0.553 bits per heavy atom. The maximum absolute atomic E-state index is 12.5. The third-order valence-corrected chi connectivity index (χ3v) is 15.9. The van der Waals surface area contributed by atoms with Gasteiger partial charge in [0.1, 0.15) is 18.7 Å². The summed E-state index contributed by atoms with van der Waals surface area (Å²) < 4.78 is 28.4. The molecule has 85 heavy (non-hydrogen) atoms. The number of aliphatic hydroxyl groups is 1. The molecule has 1 aliphatic carbocycles. The molecule has 3 unspecified atom stereocenters. The number of Topliss-reactive ketones (excluding diaryl/α,β-unsaturated/α-hetero) is 1. The number of nitrogens with zero attached hydrogens (tertiary/aromatic N) is 1. The maximum Gasteiger partial charge on any atom is 0.306 e. The van der Waals surface area contributed by atoms with E-state index in [1.165, 1.54) is 179 Å². The first-order valence-electron chi connectivity index (χ1n) is 35.2. The van der Waals surface area contributed by atoms with E-state index >= 15 is 0 Å². The average Bonchev–Trinajstić information content (AvgIpc) is 3.77. The zero-order valence-electron chi connectivity index (χ0n) is 57.7. The summed E-state index contributed by atoms with van der Waals surface area (Å²) in [4.78, 5) is 39.0. The number of esters is 2. The van der Waals surface area contributed by atoms with Gasteiger partial charge in [0.15, 0.2) is 0 Å². The molecule has 1 aliphatic heterocycles. The van der Waals surface area contributed by atoms with E-state index < -0.39 is 0 Å². The topological polar surface area (TPSA) is 121 Å². The number of ketones is 1. The molecule has 10 nitrogen and oxygen atoms in total. The molecule has 0 aromatic heterocycles. The fraction of sp³-hybridized carbons (Fsp3) is 0.853. The molecule has 0 bridgehead atoms. The first-order chi connectivity index (χ1) is 40.8. The van der Waals surface area contributed by atoms with E-state index in [9.17, 15) is 14.4 Å². The van der Waals surface area contributed by atoms with Crippen LogP contribution in [0.25, 0.3) is 0 Å². The van der Waals surface area contributed by atoms with Gasteiger partial charge in [-0.1, -0.05) is 233 Å². The SMILES string of the molecule is C.C/C=C(/C)CC(CC(=O)OCCCCCCCC)C/C(=C\C)OCCCCCCCC.C=C[C@H]1/C=C\[C@H](OC(=O)CC(CCOCOCCCCCCCC)CC(C)=O)CCCC1.CC1CCCCN(C)C1.CCCCCCCCCC.CO. The van der Waals surface area contributed by atoms with E-state index in [4.69, 9.17) is 28.8 Å². The van der Waals surface area contributed by atoms with Gasteiger partial charge in [0, 0.05) is 52.6 Å². The highest BCUT2D eigenvalue weighted by Gasteiger charge is 2.21. The number of unbranched alkanes of at least 4 members (excludes halogenated alkanes) is 22. The zero-order valence-corrected chi connectivity index (χ0v) is 57.7. The second kappa shape index (κ2) is 70.3. The molecule has 0 amide bonds. The number of carbonyl (C=O) groups excluding carboxylic acids is 3. The molecule has 0 radical (unpaired) electrons. The minimum Gasteiger partial charge on any atom is -0.498 e. The van der Waals surface area contributed by atoms with Gasteiger partial charge in [0.2, 0.25) is 0 Å². The maximum atomic E-state index is 12.5. The number of hydrogen-bond donors (Lipinski definition) is 1. The molecule has 5 atom stereocenters. The Morgan fingerprint density at radius 3 is 1.53 bits per heavy atom. The summed E-state index contributed by atoms with van der Waals surface area (Å²) in [5, 5.41) is 7.00. The Morgan fingerprint density at radius 2 is 1.02 bits per heavy atom. The largest absolute Gasteiger partial charge is 0.498 e. The van der Waals surface area contributed by atoms with Crippen molar-refractivity contribution in [2.45, 2.75) is 333 Å². The molecule has 1 N–H and O–H groups in total. The summed E-state index contributed by atoms with van der Waals surface area (Å²) in [7, 11) is 3.22. The highest BCUT2D eigenvalue weighted by molar-refractivity contribution is 5.77. The molecule has 1 heterocycles. The van der Waals surface area contributed by atoms with E-state index in [2.05, 4.69) is 92.1 Å². The van der Waals surface area contributed by atoms with Crippen LogP contribution in [-0.2, 0) is 38.1 Å². The van der Waals surface area contributed by atoms with Gasteiger partial charge in [-0.3, -0.25) is 9.59 Å². The highest BCUT2D eigenvalue weighted by Crippen LogP contribution is 2.26. The Labute approximate surface area is 529 Å². The highest BCUT2D eigenvalue weighted by atomic mass is 16.7. The van der Waals surface area contributed by atoms with Crippen LogP contribution in [0.1, 0.15) is 327 Å². The Kier molecular flexibility index (Phi) is 73.3. The number of rotatable bonds is 46. The monoisotopic (exact) mass is 1200 g/mol. The first kappa shape index (κ1) is 88.6. The van der Waals surface area contributed by atoms with Gasteiger partial charge in [0.05, 0.1) is 19.0 Å². The second-order valence-corrected chi connectivity index (χ2v) is 24.5. The van der Waals surface area contributed by atoms with E-state index in [-0.39, 0.29) is 56.3 Å². The predicted molar refractivity (Wildman–Crippen MR) is 367 cm³/mol. The van der Waals surface area contributed by atoms with Crippen LogP contribution in [0.4, 0.5) is 0 Å². The van der Waals surface area contributed by atoms with Crippen molar-refractivity contribution < 1.29 is 43.2 Å². The Balaban J connectivity index is -0.000000571. The number of hydrogen-bond acceptors (Lipinski definition) is 10. The average molecular weight is 1200 g/mol. The molecule has 2 rings (SSSR count). The Hall–Kier alpha value is -2.79. The summed E-state index contributed by atoms with van der Waals surface area (Å²) >= 11 is 0. The lowest BCUT2D eigenvalue weighted by molar-refractivity contribution is -0.149. The van der Waals surface area contributed by atoms with Gasteiger partial charge in [-0.2, -0.15) is 0 Å². The molecule has 0 aromatic carbocycles. The van der Waals surface area contributed by atoms with E-state index in [1.807, 2.05) is 19.1 Å². The van der Waals surface area contributed by atoms with Crippen molar-refractivity contribution >= 4 is 17.7 Å². The molecule has 504 valence electrons. The Bertz CT molecular complexity index is 1510. The van der Waals surface area contributed by atoms with Gasteiger partial charge < -0.3 is 38.5 Å². The van der Waals surface area contributed by atoms with Crippen LogP contribution in [0.15, 0.2) is 48.3 Å². The molecule has 10 heteroatoms. The summed E-state index contributed by atoms with van der Waals surface area (Å²) in [6.07, 6.45) is 55.6. The molecule has 0 saturated carbocycles. The molecule has 1 fully saturated rings. The van der Waals surface area contributed by atoms with Crippen molar-refractivity contribution in [3.8, 4) is 0 Å². The van der Waals surface area contributed by atoms with Crippen LogP contribution in [0.3, 0.4) is 0 Å². The summed E-state index contributed by atoms with van der Waals surface area (Å²) in [5.74, 6) is 2.27. The minimum absolute atomic E-state index is 0. The third kappa shape index (κ3) is 65.5. The van der Waals surface area contributed by atoms with Gasteiger partial charge in [0.25, 0.3) is 0 Å². The fourth-order valence-electron chi connectivity index (χ4n) is 10.6. The van der Waals surface area contributed by atoms with Gasteiger partial charge in [-0.25, -0.2) is 0 Å². The van der Waals surface area contributed by atoms with Crippen molar-refractivity contribution in [3.63, 3.8) is 0 Å². The van der Waals surface area contributed by atoms with Crippen molar-refractivity contribution in [1.82, 2.24) is 4.90 Å². The van der Waals surface area contributed by atoms with E-state index in [0.717, 1.165) is 96.2 Å². The van der Waals surface area contributed by atoms with Crippen molar-refractivity contribution in [3.05, 3.63) is 48.3 Å². The van der Waals surface area contributed by atoms with Crippen LogP contribution in [0.2, 0.25) is 0 Å². The van der Waals surface area contributed by atoms with Crippen molar-refractivity contribution in [2.75, 3.05) is 60.5 Å². The van der Waals surface area contributed by atoms with Gasteiger partial charge in [-0.05, 0) is 141 Å². The normalized spacial score (nSPS) is 17.3. The van der Waals surface area contributed by atoms with Crippen LogP contribution in [-0.4, -0.2) is 94.3 Å². The minimum atomic E-state index is -0.235. The van der Waals surface area contributed by atoms with Crippen LogP contribution < -0.4 is 0 Å². The zero-order chi connectivity index (χ0) is 62.9. The van der Waals surface area contributed by atoms with Gasteiger partial charge in [-0.15, -0.1) is 6.58 Å². The molecular weight excluding hydrogens is 1060 g/mol. The predicted octanol–water partition coefficient (Wildman–Crippen LogP) is 21.6. The van der Waals surface area contributed by atoms with Gasteiger partial charge >= 0.3 is 11.9 Å². The van der Waals surface area contributed by atoms with Crippen LogP contribution in [0.5, 0.6) is 0 Å². The molecular formula is C75H145NO9. The number of ether oxygens (including phenoxy) is 5. The summed E-state index contributed by atoms with van der Waals surface area (Å²) in [5.41, 5.74) is 1.32. The second-order valence-electron chi connectivity index (χ2n) is 24.5. The molecule has 2 aliphatic rings. The fourth-order valence-corrected chi connectivity index (χ4v) is 10.6. The smallest absolute Gasteiger partial charge is 0.306 e. The lowest BCUT2D eigenvalue weighted by atomic mass is 9.92. The van der Waals surface area contributed by atoms with E-state index in [0.29, 0.717) is 38.4 Å². The first-order valence-corrected chi connectivity index (χ1v) is 35.2. The van der Waals surface area contributed by atoms with Crippen molar-refractivity contribution in [1.29, 1.82) is 0 Å². The summed E-state index contributed by atoms with van der Waals surface area (Å²) in [6, 6.07) is 0. The number of likely N-dealkylation sites (tertiary alicyclic amines) is 1. The standard InChI is InChI=1S/C28H52O3.C27H46O5.C10H22.C8H17N.CH4O.CH4/c1-6-10-12-14-16-18-20-30-27(9-4)23-26(22-25(5)8-3)24-28(29)31-21-19-17-15-13-11-7-2;1-4-6-7-8-9-12-18-30-22-31-19-17-25(20-23(3)28)21-27(29)32-26-14-11-10-13-24(5-2)15-16-26;1-3-5-7-9-10-8-6-4-2;1-8-5-3-4-6-9(2)7-8;1-2;/h8-9,26H,6-7,10-24H2,1-5H3;5,15-16,24-26H,2,4,6-14,17-22H2,1,3H3;3-10H2,1-2H3;8H,3-7H2,1-2H3;2H,1H3;1H4/b25-8-,27-9+;16-15-;;;;/t;24-,25?,26-;;;;/m.1..../s1. The van der Waals surface area contributed by atoms with Crippen molar-refractivity contribution in [2.24, 2.45) is 23.7 Å². The van der Waals surface area contributed by atoms with Crippen LogP contribution in [0, 0.1) is 23.7 Å². The molecule has 0 spiro atoms.